The molecule has 0 spiro atoms. The van der Waals surface area contributed by atoms with Gasteiger partial charge in [0.2, 0.25) is 0 Å². The Kier molecular flexibility index (Phi) is 5.06. The van der Waals surface area contributed by atoms with Crippen molar-refractivity contribution in [1.82, 2.24) is 0 Å². The van der Waals surface area contributed by atoms with Gasteiger partial charge in [-0.05, 0) is 42.3 Å². The van der Waals surface area contributed by atoms with Crippen LogP contribution in [0.1, 0.15) is 12.5 Å². The molecule has 0 saturated carbocycles. The van der Waals surface area contributed by atoms with Crippen LogP contribution >= 0.6 is 11.6 Å². The monoisotopic (exact) mass is 304 g/mol. The number of ether oxygens (including phenoxy) is 1. The summed E-state index contributed by atoms with van der Waals surface area (Å²) in [6.07, 6.45) is 0.969. The quantitative estimate of drug-likeness (QED) is 0.870. The van der Waals surface area contributed by atoms with E-state index in [1.807, 2.05) is 24.3 Å². The van der Waals surface area contributed by atoms with Crippen LogP contribution in [0.3, 0.4) is 0 Å². The fraction of sp³-hybridized carbons (Fsp3) is 0.188. The summed E-state index contributed by atoms with van der Waals surface area (Å²) in [5, 5.41) is 5.93. The molecule has 0 heterocycles. The molecule has 0 aromatic heterocycles. The molecule has 0 saturated heterocycles. The van der Waals surface area contributed by atoms with Gasteiger partial charge >= 0.3 is 6.03 Å². The molecule has 0 fully saturated rings. The number of amides is 2. The number of halogens is 1. The number of nitrogens with one attached hydrogen (secondary N) is 2. The normalized spacial score (nSPS) is 10.0. The van der Waals surface area contributed by atoms with Crippen LogP contribution in [0.25, 0.3) is 0 Å². The van der Waals surface area contributed by atoms with Gasteiger partial charge < -0.3 is 15.4 Å². The zero-order chi connectivity index (χ0) is 15.2. The topological polar surface area (TPSA) is 50.4 Å². The summed E-state index contributed by atoms with van der Waals surface area (Å²) in [7, 11) is 1.54. The van der Waals surface area contributed by atoms with Crippen molar-refractivity contribution in [3.05, 3.63) is 53.1 Å². The minimum Gasteiger partial charge on any atom is -0.495 e. The van der Waals surface area contributed by atoms with E-state index in [2.05, 4.69) is 17.6 Å². The van der Waals surface area contributed by atoms with Crippen LogP contribution in [0.2, 0.25) is 5.02 Å². The number of anilines is 2. The number of aryl methyl sites for hydroxylation is 1. The molecule has 110 valence electrons. The SMILES string of the molecule is CCc1ccc(NC(=O)Nc2ccc(OC)c(Cl)c2)cc1. The second-order valence-corrected chi connectivity index (χ2v) is 4.89. The molecular weight excluding hydrogens is 288 g/mol. The van der Waals surface area contributed by atoms with Crippen molar-refractivity contribution in [2.24, 2.45) is 0 Å². The predicted molar refractivity (Wildman–Crippen MR) is 86.5 cm³/mol. The molecular formula is C16H17ClN2O2. The molecule has 2 rings (SSSR count). The van der Waals surface area contributed by atoms with Crippen molar-refractivity contribution in [1.29, 1.82) is 0 Å². The summed E-state index contributed by atoms with van der Waals surface area (Å²) in [5.41, 5.74) is 2.57. The first-order valence-electron chi connectivity index (χ1n) is 6.63. The van der Waals surface area contributed by atoms with Gasteiger partial charge in [0.05, 0.1) is 12.1 Å². The van der Waals surface area contributed by atoms with Crippen molar-refractivity contribution in [3.8, 4) is 5.75 Å². The molecule has 5 heteroatoms. The number of methoxy groups -OCH3 is 1. The smallest absolute Gasteiger partial charge is 0.323 e. The Balaban J connectivity index is 1.99. The van der Waals surface area contributed by atoms with Gasteiger partial charge in [0, 0.05) is 11.4 Å². The van der Waals surface area contributed by atoms with Crippen LogP contribution in [-0.4, -0.2) is 13.1 Å². The van der Waals surface area contributed by atoms with Gasteiger partial charge in [-0.1, -0.05) is 30.7 Å². The van der Waals surface area contributed by atoms with Crippen molar-refractivity contribution in [3.63, 3.8) is 0 Å². The number of carbonyl (C=O) groups excluding carboxylic acids is 1. The number of hydrogen-bond acceptors (Lipinski definition) is 2. The van der Waals surface area contributed by atoms with Gasteiger partial charge in [-0.15, -0.1) is 0 Å². The lowest BCUT2D eigenvalue weighted by Gasteiger charge is -2.09. The average molecular weight is 305 g/mol. The highest BCUT2D eigenvalue weighted by Crippen LogP contribution is 2.27. The first kappa shape index (κ1) is 15.2. The van der Waals surface area contributed by atoms with Crippen molar-refractivity contribution in [2.75, 3.05) is 17.7 Å². The van der Waals surface area contributed by atoms with E-state index in [0.29, 0.717) is 16.5 Å². The van der Waals surface area contributed by atoms with Gasteiger partial charge in [0.25, 0.3) is 0 Å². The van der Waals surface area contributed by atoms with Crippen LogP contribution in [0.4, 0.5) is 16.2 Å². The fourth-order valence-electron chi connectivity index (χ4n) is 1.86. The minimum atomic E-state index is -0.319. The average Bonchev–Trinajstić information content (AvgIpc) is 2.48. The summed E-state index contributed by atoms with van der Waals surface area (Å²) < 4.78 is 5.06. The molecule has 0 atom stereocenters. The maximum absolute atomic E-state index is 11.9. The van der Waals surface area contributed by atoms with Crippen LogP contribution in [0.15, 0.2) is 42.5 Å². The number of hydrogen-bond donors (Lipinski definition) is 2. The second kappa shape index (κ2) is 6.99. The van der Waals surface area contributed by atoms with Crippen molar-refractivity contribution >= 4 is 29.0 Å². The number of rotatable bonds is 4. The highest BCUT2D eigenvalue weighted by atomic mass is 35.5. The lowest BCUT2D eigenvalue weighted by Crippen LogP contribution is -2.19. The van der Waals surface area contributed by atoms with Crippen molar-refractivity contribution < 1.29 is 9.53 Å². The van der Waals surface area contributed by atoms with E-state index >= 15 is 0 Å². The fourth-order valence-corrected chi connectivity index (χ4v) is 2.12. The Hall–Kier alpha value is -2.20. The molecule has 4 nitrogen and oxygen atoms in total. The summed E-state index contributed by atoms with van der Waals surface area (Å²) >= 11 is 6.01. The Labute approximate surface area is 129 Å². The predicted octanol–water partition coefficient (Wildman–Crippen LogP) is 4.56. The molecule has 0 aliphatic heterocycles. The third-order valence-electron chi connectivity index (χ3n) is 3.03. The summed E-state index contributed by atoms with van der Waals surface area (Å²) in [6.45, 7) is 2.09. The highest BCUT2D eigenvalue weighted by molar-refractivity contribution is 6.32. The van der Waals surface area contributed by atoms with Crippen molar-refractivity contribution in [2.45, 2.75) is 13.3 Å². The minimum absolute atomic E-state index is 0.319. The largest absolute Gasteiger partial charge is 0.495 e. The standard InChI is InChI=1S/C16H17ClN2O2/c1-3-11-4-6-12(7-5-11)18-16(20)19-13-8-9-15(21-2)14(17)10-13/h4-10H,3H2,1-2H3,(H2,18,19,20). The lowest BCUT2D eigenvalue weighted by molar-refractivity contribution is 0.262. The number of carbonyl (C=O) groups is 1. The maximum atomic E-state index is 11.9. The Morgan fingerprint density at radius 3 is 2.29 bits per heavy atom. The lowest BCUT2D eigenvalue weighted by atomic mass is 10.1. The molecule has 21 heavy (non-hydrogen) atoms. The molecule has 2 aromatic carbocycles. The number of urea groups is 1. The third-order valence-corrected chi connectivity index (χ3v) is 3.33. The second-order valence-electron chi connectivity index (χ2n) is 4.48. The molecule has 0 bridgehead atoms. The molecule has 0 aliphatic rings. The van der Waals surface area contributed by atoms with E-state index in [4.69, 9.17) is 16.3 Å². The van der Waals surface area contributed by atoms with E-state index in [9.17, 15) is 4.79 Å². The maximum Gasteiger partial charge on any atom is 0.323 e. The van der Waals surface area contributed by atoms with Crippen LogP contribution in [0.5, 0.6) is 5.75 Å². The van der Waals surface area contributed by atoms with E-state index in [-0.39, 0.29) is 6.03 Å². The van der Waals surface area contributed by atoms with Gasteiger partial charge in [-0.2, -0.15) is 0 Å². The first-order valence-corrected chi connectivity index (χ1v) is 7.00. The molecule has 0 unspecified atom stereocenters. The Morgan fingerprint density at radius 1 is 1.10 bits per heavy atom. The van der Waals surface area contributed by atoms with E-state index in [1.54, 1.807) is 25.3 Å². The summed E-state index contributed by atoms with van der Waals surface area (Å²) in [6, 6.07) is 12.5. The van der Waals surface area contributed by atoms with Gasteiger partial charge in [0.1, 0.15) is 5.75 Å². The van der Waals surface area contributed by atoms with E-state index in [1.165, 1.54) is 5.56 Å². The first-order chi connectivity index (χ1) is 10.1. The molecule has 2 aromatic rings. The molecule has 0 radical (unpaired) electrons. The molecule has 2 N–H and O–H groups in total. The summed E-state index contributed by atoms with van der Waals surface area (Å²) in [5.74, 6) is 0.567. The Bertz CT molecular complexity index is 627. The van der Waals surface area contributed by atoms with Gasteiger partial charge in [0.15, 0.2) is 0 Å². The van der Waals surface area contributed by atoms with E-state index < -0.39 is 0 Å². The van der Waals surface area contributed by atoms with Crippen LogP contribution < -0.4 is 15.4 Å². The third kappa shape index (κ3) is 4.13. The zero-order valence-electron chi connectivity index (χ0n) is 11.9. The number of benzene rings is 2. The highest BCUT2D eigenvalue weighted by Gasteiger charge is 2.06. The van der Waals surface area contributed by atoms with Gasteiger partial charge in [-0.25, -0.2) is 4.79 Å². The van der Waals surface area contributed by atoms with Crippen LogP contribution in [-0.2, 0) is 6.42 Å². The Morgan fingerprint density at radius 2 is 1.71 bits per heavy atom. The van der Waals surface area contributed by atoms with Gasteiger partial charge in [-0.3, -0.25) is 0 Å². The zero-order valence-corrected chi connectivity index (χ0v) is 12.7. The molecule has 2 amide bonds. The van der Waals surface area contributed by atoms with Crippen LogP contribution in [0, 0.1) is 0 Å². The van der Waals surface area contributed by atoms with E-state index in [0.717, 1.165) is 12.1 Å². The summed E-state index contributed by atoms with van der Waals surface area (Å²) in [4.78, 5) is 11.9. The molecule has 0 aliphatic carbocycles.